The summed E-state index contributed by atoms with van der Waals surface area (Å²) in [7, 11) is 0. The Labute approximate surface area is 105 Å². The number of benzene rings is 1. The van der Waals surface area contributed by atoms with Gasteiger partial charge in [-0.2, -0.15) is 0 Å². The van der Waals surface area contributed by atoms with Crippen molar-refractivity contribution in [3.63, 3.8) is 0 Å². The second-order valence-corrected chi connectivity index (χ2v) is 4.54. The minimum Gasteiger partial charge on any atom is -0.478 e. The van der Waals surface area contributed by atoms with Crippen LogP contribution in [0.2, 0.25) is 0 Å². The molecule has 1 aromatic carbocycles. The van der Waals surface area contributed by atoms with E-state index in [1.54, 1.807) is 0 Å². The Morgan fingerprint density at radius 2 is 2.17 bits per heavy atom. The first kappa shape index (κ1) is 13.0. The second kappa shape index (κ2) is 5.46. The molecule has 1 aliphatic rings. The van der Waals surface area contributed by atoms with E-state index in [1.165, 1.54) is 18.2 Å². The summed E-state index contributed by atoms with van der Waals surface area (Å²) in [6.45, 7) is 0.857. The zero-order chi connectivity index (χ0) is 13.1. The molecule has 0 heterocycles. The molecule has 4 nitrogen and oxygen atoms in total. The largest absolute Gasteiger partial charge is 0.478 e. The lowest BCUT2D eigenvalue weighted by molar-refractivity contribution is 0.0696. The van der Waals surface area contributed by atoms with E-state index in [9.17, 15) is 9.18 Å². The lowest BCUT2D eigenvalue weighted by Crippen LogP contribution is -2.29. The zero-order valence-corrected chi connectivity index (χ0v) is 9.97. The van der Waals surface area contributed by atoms with Crippen molar-refractivity contribution in [1.82, 2.24) is 4.90 Å². The average molecular weight is 253 g/mol. The standard InChI is InChI=1S/C13H16FNO3/c14-12-4-1-9(13(17)18)7-10(12)8-15(5-6-16)11-2-3-11/h1,4,7,11,16H,2-3,5-6,8H2,(H,17,18). The van der Waals surface area contributed by atoms with Crippen LogP contribution < -0.4 is 0 Å². The molecule has 0 saturated heterocycles. The highest BCUT2D eigenvalue weighted by atomic mass is 19.1. The number of nitrogens with zero attached hydrogens (tertiary/aromatic N) is 1. The molecule has 0 atom stereocenters. The first-order valence-electron chi connectivity index (χ1n) is 5.98. The summed E-state index contributed by atoms with van der Waals surface area (Å²) in [5.74, 6) is -1.46. The van der Waals surface area contributed by atoms with E-state index in [1.807, 2.05) is 4.90 Å². The third kappa shape index (κ3) is 3.05. The van der Waals surface area contributed by atoms with Gasteiger partial charge >= 0.3 is 5.97 Å². The van der Waals surface area contributed by atoms with Gasteiger partial charge in [0.2, 0.25) is 0 Å². The summed E-state index contributed by atoms with van der Waals surface area (Å²) in [5, 5.41) is 17.9. The molecule has 5 heteroatoms. The van der Waals surface area contributed by atoms with Gasteiger partial charge in [0.05, 0.1) is 12.2 Å². The van der Waals surface area contributed by atoms with Crippen molar-refractivity contribution in [3.8, 4) is 0 Å². The van der Waals surface area contributed by atoms with E-state index in [0.717, 1.165) is 12.8 Å². The van der Waals surface area contributed by atoms with Gasteiger partial charge in [-0.05, 0) is 31.0 Å². The van der Waals surface area contributed by atoms with Crippen molar-refractivity contribution >= 4 is 5.97 Å². The fraction of sp³-hybridized carbons (Fsp3) is 0.462. The fourth-order valence-electron chi connectivity index (χ4n) is 2.01. The van der Waals surface area contributed by atoms with Crippen LogP contribution in [-0.4, -0.2) is 40.3 Å². The number of carbonyl (C=O) groups is 1. The summed E-state index contributed by atoms with van der Waals surface area (Å²) in [5.41, 5.74) is 0.460. The lowest BCUT2D eigenvalue weighted by Gasteiger charge is -2.21. The Hall–Kier alpha value is -1.46. The summed E-state index contributed by atoms with van der Waals surface area (Å²) < 4.78 is 13.6. The van der Waals surface area contributed by atoms with Crippen molar-refractivity contribution in [3.05, 3.63) is 35.1 Å². The smallest absolute Gasteiger partial charge is 0.335 e. The van der Waals surface area contributed by atoms with Crippen LogP contribution in [0.25, 0.3) is 0 Å². The number of halogens is 1. The first-order valence-corrected chi connectivity index (χ1v) is 5.98. The van der Waals surface area contributed by atoms with E-state index >= 15 is 0 Å². The Morgan fingerprint density at radius 1 is 1.44 bits per heavy atom. The molecule has 98 valence electrons. The van der Waals surface area contributed by atoms with E-state index in [-0.39, 0.29) is 12.2 Å². The number of rotatable bonds is 6. The van der Waals surface area contributed by atoms with Crippen molar-refractivity contribution < 1.29 is 19.4 Å². The maximum absolute atomic E-state index is 13.6. The van der Waals surface area contributed by atoms with Crippen LogP contribution in [0.1, 0.15) is 28.8 Å². The minimum atomic E-state index is -1.06. The molecule has 1 aromatic rings. The van der Waals surface area contributed by atoms with Crippen LogP contribution in [0.3, 0.4) is 0 Å². The summed E-state index contributed by atoms with van der Waals surface area (Å²) in [6, 6.07) is 4.20. The molecule has 0 amide bonds. The molecule has 2 rings (SSSR count). The summed E-state index contributed by atoms with van der Waals surface area (Å²) in [6.07, 6.45) is 2.11. The van der Waals surface area contributed by atoms with Gasteiger partial charge in [0.1, 0.15) is 5.82 Å². The Kier molecular flexibility index (Phi) is 3.93. The highest BCUT2D eigenvalue weighted by Crippen LogP contribution is 2.28. The van der Waals surface area contributed by atoms with Crippen LogP contribution in [0.4, 0.5) is 4.39 Å². The van der Waals surface area contributed by atoms with Crippen molar-refractivity contribution in [1.29, 1.82) is 0 Å². The molecule has 18 heavy (non-hydrogen) atoms. The van der Waals surface area contributed by atoms with Crippen molar-refractivity contribution in [2.45, 2.75) is 25.4 Å². The van der Waals surface area contributed by atoms with Gasteiger partial charge in [-0.3, -0.25) is 4.90 Å². The lowest BCUT2D eigenvalue weighted by atomic mass is 10.1. The molecule has 0 aliphatic heterocycles. The number of aromatic carboxylic acids is 1. The Bertz CT molecular complexity index is 446. The van der Waals surface area contributed by atoms with E-state index in [0.29, 0.717) is 24.7 Å². The third-order valence-electron chi connectivity index (χ3n) is 3.12. The van der Waals surface area contributed by atoms with Gasteiger partial charge in [-0.25, -0.2) is 9.18 Å². The average Bonchev–Trinajstić information content (AvgIpc) is 3.14. The molecule has 2 N–H and O–H groups in total. The third-order valence-corrected chi connectivity index (χ3v) is 3.12. The quantitative estimate of drug-likeness (QED) is 0.806. The van der Waals surface area contributed by atoms with Gasteiger partial charge in [-0.1, -0.05) is 0 Å². The van der Waals surface area contributed by atoms with E-state index in [4.69, 9.17) is 10.2 Å². The van der Waals surface area contributed by atoms with E-state index in [2.05, 4.69) is 0 Å². The highest BCUT2D eigenvalue weighted by Gasteiger charge is 2.29. The predicted molar refractivity (Wildman–Crippen MR) is 63.9 cm³/mol. The number of aliphatic hydroxyl groups excluding tert-OH is 1. The van der Waals surface area contributed by atoms with Crippen molar-refractivity contribution in [2.24, 2.45) is 0 Å². The molecule has 1 aliphatic carbocycles. The molecular formula is C13H16FNO3. The summed E-state index contributed by atoms with van der Waals surface area (Å²) >= 11 is 0. The number of carboxylic acid groups (broad SMARTS) is 1. The van der Waals surface area contributed by atoms with Crippen LogP contribution in [0.15, 0.2) is 18.2 Å². The van der Waals surface area contributed by atoms with Crippen LogP contribution in [-0.2, 0) is 6.54 Å². The molecule has 1 fully saturated rings. The van der Waals surface area contributed by atoms with Gasteiger partial charge in [0.25, 0.3) is 0 Å². The maximum Gasteiger partial charge on any atom is 0.335 e. The Morgan fingerprint density at radius 3 is 2.72 bits per heavy atom. The SMILES string of the molecule is O=C(O)c1ccc(F)c(CN(CCO)C2CC2)c1. The first-order chi connectivity index (χ1) is 8.61. The highest BCUT2D eigenvalue weighted by molar-refractivity contribution is 5.87. The number of hydrogen-bond donors (Lipinski definition) is 2. The number of aliphatic hydroxyl groups is 1. The van der Waals surface area contributed by atoms with Gasteiger partial charge in [0.15, 0.2) is 0 Å². The van der Waals surface area contributed by atoms with Crippen LogP contribution >= 0.6 is 0 Å². The molecule has 0 aromatic heterocycles. The van der Waals surface area contributed by atoms with Gasteiger partial charge < -0.3 is 10.2 Å². The Balaban J connectivity index is 2.15. The predicted octanol–water partition coefficient (Wildman–Crippen LogP) is 1.48. The molecule has 0 bridgehead atoms. The molecule has 0 radical (unpaired) electrons. The van der Waals surface area contributed by atoms with Crippen LogP contribution in [0, 0.1) is 5.82 Å². The minimum absolute atomic E-state index is 0.0245. The van der Waals surface area contributed by atoms with Crippen LogP contribution in [0.5, 0.6) is 0 Å². The second-order valence-electron chi connectivity index (χ2n) is 4.54. The normalized spacial score (nSPS) is 15.1. The number of hydrogen-bond acceptors (Lipinski definition) is 3. The topological polar surface area (TPSA) is 60.8 Å². The number of carboxylic acids is 1. The van der Waals surface area contributed by atoms with Gasteiger partial charge in [-0.15, -0.1) is 0 Å². The summed E-state index contributed by atoms with van der Waals surface area (Å²) in [4.78, 5) is 12.8. The molecular weight excluding hydrogens is 237 g/mol. The monoisotopic (exact) mass is 253 g/mol. The molecule has 1 saturated carbocycles. The van der Waals surface area contributed by atoms with Gasteiger partial charge in [0, 0.05) is 24.7 Å². The molecule has 0 spiro atoms. The zero-order valence-electron chi connectivity index (χ0n) is 9.97. The maximum atomic E-state index is 13.6. The van der Waals surface area contributed by atoms with E-state index < -0.39 is 11.8 Å². The van der Waals surface area contributed by atoms with Crippen molar-refractivity contribution in [2.75, 3.05) is 13.2 Å². The fourth-order valence-corrected chi connectivity index (χ4v) is 2.01. The molecule has 0 unspecified atom stereocenters.